The third kappa shape index (κ3) is 2.42. The van der Waals surface area contributed by atoms with Crippen molar-refractivity contribution in [2.75, 3.05) is 0 Å². The van der Waals surface area contributed by atoms with Gasteiger partial charge < -0.3 is 0 Å². The largest absolute Gasteiger partial charge is 0.227 e. The minimum absolute atomic E-state index is 0.432. The van der Waals surface area contributed by atoms with Crippen LogP contribution in [0.15, 0.2) is 10.8 Å². The van der Waals surface area contributed by atoms with E-state index in [0.717, 1.165) is 12.1 Å². The van der Waals surface area contributed by atoms with E-state index in [1.807, 2.05) is 0 Å². The van der Waals surface area contributed by atoms with Gasteiger partial charge in [-0.1, -0.05) is 25.4 Å². The lowest BCUT2D eigenvalue weighted by Gasteiger charge is -2.07. The van der Waals surface area contributed by atoms with Gasteiger partial charge in [0.05, 0.1) is 0 Å². The minimum atomic E-state index is 0.432. The highest BCUT2D eigenvalue weighted by Gasteiger charge is 2.06. The van der Waals surface area contributed by atoms with E-state index >= 15 is 0 Å². The van der Waals surface area contributed by atoms with Crippen molar-refractivity contribution in [3.8, 4) is 0 Å². The van der Waals surface area contributed by atoms with Crippen LogP contribution in [0.4, 0.5) is 0 Å². The quantitative estimate of drug-likeness (QED) is 0.593. The van der Waals surface area contributed by atoms with Gasteiger partial charge >= 0.3 is 0 Å². The normalized spacial score (nSPS) is 13.0. The molecule has 1 heterocycles. The molecule has 0 saturated carbocycles. The monoisotopic (exact) mass is 248 g/mol. The molecule has 0 spiro atoms. The molecule has 0 aliphatic heterocycles. The summed E-state index contributed by atoms with van der Waals surface area (Å²) in [5.74, 6) is 0.432. The second kappa shape index (κ2) is 4.19. The van der Waals surface area contributed by atoms with E-state index in [9.17, 15) is 0 Å². The third-order valence-corrected chi connectivity index (χ3v) is 2.35. The molecule has 1 rings (SSSR count). The Bertz CT molecular complexity index is 258. The summed E-state index contributed by atoms with van der Waals surface area (Å²) in [6, 6.07) is 1.81. The maximum absolute atomic E-state index is 5.77. The Balaban J connectivity index is 3.00. The van der Waals surface area contributed by atoms with E-state index in [1.54, 1.807) is 6.07 Å². The highest BCUT2D eigenvalue weighted by molar-refractivity contribution is 9.10. The summed E-state index contributed by atoms with van der Waals surface area (Å²) in [4.78, 5) is 8.15. The van der Waals surface area contributed by atoms with Crippen LogP contribution in [0.25, 0.3) is 0 Å². The lowest BCUT2D eigenvalue weighted by Crippen LogP contribution is -1.97. The molecule has 1 aromatic heterocycles. The zero-order valence-electron chi connectivity index (χ0n) is 7.01. The van der Waals surface area contributed by atoms with Crippen molar-refractivity contribution in [1.82, 2.24) is 9.97 Å². The zero-order chi connectivity index (χ0) is 9.14. The summed E-state index contributed by atoms with van der Waals surface area (Å²) in [6.45, 7) is 4.24. The molecule has 0 bridgehead atoms. The average molecular weight is 250 g/mol. The standard InChI is InChI=1S/C8H10BrClN2/c1-3-5(2)6-4-7(10)12-8(9)11-6/h4-5H,3H2,1-2H3. The SMILES string of the molecule is CCC(C)c1cc(Cl)nc(Br)n1. The molecule has 0 aliphatic carbocycles. The molecule has 1 atom stereocenters. The average Bonchev–Trinajstić information content (AvgIpc) is 2.01. The number of hydrogen-bond acceptors (Lipinski definition) is 2. The van der Waals surface area contributed by atoms with Gasteiger partial charge in [0.1, 0.15) is 5.15 Å². The fourth-order valence-corrected chi connectivity index (χ4v) is 1.56. The molecule has 1 aromatic rings. The molecule has 0 fully saturated rings. The first-order chi connectivity index (χ1) is 5.63. The van der Waals surface area contributed by atoms with Gasteiger partial charge in [-0.2, -0.15) is 0 Å². The summed E-state index contributed by atoms with van der Waals surface area (Å²) < 4.78 is 0.560. The van der Waals surface area contributed by atoms with E-state index in [-0.39, 0.29) is 0 Å². The Hall–Kier alpha value is -0.150. The van der Waals surface area contributed by atoms with Crippen LogP contribution in [0.3, 0.4) is 0 Å². The van der Waals surface area contributed by atoms with E-state index in [1.165, 1.54) is 0 Å². The summed E-state index contributed by atoms with van der Waals surface area (Å²) in [5.41, 5.74) is 0.990. The van der Waals surface area contributed by atoms with Crippen molar-refractivity contribution < 1.29 is 0 Å². The number of aromatic nitrogens is 2. The van der Waals surface area contributed by atoms with Crippen molar-refractivity contribution in [3.05, 3.63) is 21.6 Å². The molecule has 0 N–H and O–H groups in total. The Labute approximate surface area is 85.5 Å². The van der Waals surface area contributed by atoms with Crippen LogP contribution in [0.2, 0.25) is 5.15 Å². The fraction of sp³-hybridized carbons (Fsp3) is 0.500. The summed E-state index contributed by atoms with van der Waals surface area (Å²) >= 11 is 8.97. The van der Waals surface area contributed by atoms with Crippen molar-refractivity contribution >= 4 is 27.5 Å². The van der Waals surface area contributed by atoms with E-state index in [0.29, 0.717) is 15.8 Å². The summed E-state index contributed by atoms with van der Waals surface area (Å²) in [6.07, 6.45) is 1.06. The van der Waals surface area contributed by atoms with Crippen LogP contribution in [0.1, 0.15) is 31.9 Å². The van der Waals surface area contributed by atoms with Crippen LogP contribution in [-0.2, 0) is 0 Å². The first-order valence-electron chi connectivity index (χ1n) is 3.83. The second-order valence-corrected chi connectivity index (χ2v) is 3.79. The van der Waals surface area contributed by atoms with Gasteiger partial charge in [-0.3, -0.25) is 0 Å². The Morgan fingerprint density at radius 2 is 2.25 bits per heavy atom. The Kier molecular flexibility index (Phi) is 3.47. The van der Waals surface area contributed by atoms with Crippen LogP contribution in [0.5, 0.6) is 0 Å². The van der Waals surface area contributed by atoms with Gasteiger partial charge in [-0.25, -0.2) is 9.97 Å². The minimum Gasteiger partial charge on any atom is -0.227 e. The van der Waals surface area contributed by atoms with Crippen LogP contribution in [-0.4, -0.2) is 9.97 Å². The topological polar surface area (TPSA) is 25.8 Å². The molecule has 1 unspecified atom stereocenters. The van der Waals surface area contributed by atoms with E-state index < -0.39 is 0 Å². The van der Waals surface area contributed by atoms with Crippen LogP contribution < -0.4 is 0 Å². The van der Waals surface area contributed by atoms with Crippen molar-refractivity contribution in [2.45, 2.75) is 26.2 Å². The molecule has 2 nitrogen and oxygen atoms in total. The van der Waals surface area contributed by atoms with E-state index in [2.05, 4.69) is 39.7 Å². The lowest BCUT2D eigenvalue weighted by molar-refractivity contribution is 0.701. The maximum Gasteiger partial charge on any atom is 0.198 e. The summed E-state index contributed by atoms with van der Waals surface area (Å²) in [7, 11) is 0. The second-order valence-electron chi connectivity index (χ2n) is 2.69. The highest BCUT2D eigenvalue weighted by atomic mass is 79.9. The summed E-state index contributed by atoms with van der Waals surface area (Å²) in [5, 5.41) is 0.493. The van der Waals surface area contributed by atoms with Gasteiger partial charge in [0.25, 0.3) is 0 Å². The van der Waals surface area contributed by atoms with Crippen molar-refractivity contribution in [2.24, 2.45) is 0 Å². The molecule has 0 amide bonds. The lowest BCUT2D eigenvalue weighted by atomic mass is 10.1. The zero-order valence-corrected chi connectivity index (χ0v) is 9.35. The molecule has 0 aliphatic rings. The molecule has 0 saturated heterocycles. The highest BCUT2D eigenvalue weighted by Crippen LogP contribution is 2.20. The van der Waals surface area contributed by atoms with Gasteiger partial charge in [0, 0.05) is 5.69 Å². The first-order valence-corrected chi connectivity index (χ1v) is 5.00. The molecule has 0 radical (unpaired) electrons. The van der Waals surface area contributed by atoms with Gasteiger partial charge in [0.2, 0.25) is 0 Å². The number of hydrogen-bond donors (Lipinski definition) is 0. The van der Waals surface area contributed by atoms with Gasteiger partial charge in [-0.15, -0.1) is 0 Å². The molecular formula is C8H10BrClN2. The van der Waals surface area contributed by atoms with Crippen molar-refractivity contribution in [1.29, 1.82) is 0 Å². The third-order valence-electron chi connectivity index (χ3n) is 1.80. The predicted octanol–water partition coefficient (Wildman–Crippen LogP) is 3.41. The first kappa shape index (κ1) is 9.93. The van der Waals surface area contributed by atoms with Gasteiger partial charge in [0.15, 0.2) is 4.73 Å². The Morgan fingerprint density at radius 1 is 1.58 bits per heavy atom. The predicted molar refractivity (Wildman–Crippen MR) is 53.4 cm³/mol. The number of rotatable bonds is 2. The Morgan fingerprint density at radius 3 is 2.75 bits per heavy atom. The number of halogens is 2. The molecular weight excluding hydrogens is 239 g/mol. The molecule has 0 aromatic carbocycles. The molecule has 12 heavy (non-hydrogen) atoms. The van der Waals surface area contributed by atoms with Crippen LogP contribution >= 0.6 is 27.5 Å². The van der Waals surface area contributed by atoms with Gasteiger partial charge in [-0.05, 0) is 34.3 Å². The molecule has 4 heteroatoms. The fourth-order valence-electron chi connectivity index (χ4n) is 0.868. The molecule has 66 valence electrons. The smallest absolute Gasteiger partial charge is 0.198 e. The van der Waals surface area contributed by atoms with Crippen LogP contribution in [0, 0.1) is 0 Å². The number of nitrogens with zero attached hydrogens (tertiary/aromatic N) is 2. The van der Waals surface area contributed by atoms with E-state index in [4.69, 9.17) is 11.6 Å². The van der Waals surface area contributed by atoms with Crippen molar-refractivity contribution in [3.63, 3.8) is 0 Å². The maximum atomic E-state index is 5.77.